The summed E-state index contributed by atoms with van der Waals surface area (Å²) in [4.78, 5) is 13.9. The average Bonchev–Trinajstić information content (AvgIpc) is 2.35. The maximum atomic E-state index is 10.9. The molecule has 46 valence electrons. The van der Waals surface area contributed by atoms with E-state index in [1.165, 1.54) is 0 Å². The molecule has 9 heavy (non-hydrogen) atoms. The van der Waals surface area contributed by atoms with E-state index in [1.807, 2.05) is 12.3 Å². The van der Waals surface area contributed by atoms with Gasteiger partial charge in [0.2, 0.25) is 0 Å². The van der Waals surface area contributed by atoms with Crippen molar-refractivity contribution in [2.75, 3.05) is 0 Å². The molecule has 0 saturated carbocycles. The summed E-state index contributed by atoms with van der Waals surface area (Å²) in [6.45, 7) is 0. The Morgan fingerprint density at radius 3 is 3.11 bits per heavy atom. The molecule has 1 heterocycles. The summed E-state index contributed by atoms with van der Waals surface area (Å²) < 4.78 is 0. The average molecular weight is 121 g/mol. The van der Waals surface area contributed by atoms with Crippen LogP contribution in [0.5, 0.6) is 0 Å². The van der Waals surface area contributed by atoms with Gasteiger partial charge in [-0.2, -0.15) is 0 Å². The minimum atomic E-state index is 0.284. The van der Waals surface area contributed by atoms with Crippen LogP contribution in [0, 0.1) is 0 Å². The van der Waals surface area contributed by atoms with Crippen LogP contribution >= 0.6 is 0 Å². The van der Waals surface area contributed by atoms with E-state index in [1.54, 1.807) is 0 Å². The molecule has 2 nitrogen and oxygen atoms in total. The van der Waals surface area contributed by atoms with Crippen molar-refractivity contribution in [1.82, 2.24) is 4.98 Å². The summed E-state index contributed by atoms with van der Waals surface area (Å²) in [5, 5.41) is 0. The summed E-state index contributed by atoms with van der Waals surface area (Å²) >= 11 is 0. The topological polar surface area (TPSA) is 32.9 Å². The molecule has 1 aromatic rings. The number of hydrogen-bond donors (Lipinski definition) is 1. The van der Waals surface area contributed by atoms with Gasteiger partial charge in [0.1, 0.15) is 0 Å². The van der Waals surface area contributed by atoms with Crippen molar-refractivity contribution in [3.05, 3.63) is 23.5 Å². The van der Waals surface area contributed by atoms with Crippen LogP contribution in [-0.2, 0) is 6.42 Å². The molecular weight excluding hydrogens is 114 g/mol. The number of carbonyl (C=O) groups excluding carboxylic acids is 1. The van der Waals surface area contributed by atoms with Crippen LogP contribution in [0.2, 0.25) is 0 Å². The summed E-state index contributed by atoms with van der Waals surface area (Å²) in [6.07, 6.45) is 3.42. The summed E-state index contributed by atoms with van der Waals surface area (Å²) in [5.74, 6) is 0.284. The van der Waals surface area contributed by atoms with Gasteiger partial charge in [0.25, 0.3) is 0 Å². The van der Waals surface area contributed by atoms with Crippen LogP contribution in [0.4, 0.5) is 0 Å². The Bertz CT molecular complexity index is 249. The number of H-pyrrole nitrogens is 1. The van der Waals surface area contributed by atoms with Crippen molar-refractivity contribution >= 4 is 5.78 Å². The number of aromatic nitrogens is 1. The van der Waals surface area contributed by atoms with Crippen molar-refractivity contribution < 1.29 is 4.79 Å². The lowest BCUT2D eigenvalue weighted by Gasteiger charge is -1.80. The zero-order valence-corrected chi connectivity index (χ0v) is 4.98. The molecule has 1 aromatic heterocycles. The van der Waals surface area contributed by atoms with E-state index in [-0.39, 0.29) is 5.78 Å². The second-order valence-corrected chi connectivity index (χ2v) is 2.29. The minimum Gasteiger partial charge on any atom is -0.364 e. The zero-order valence-electron chi connectivity index (χ0n) is 4.98. The fourth-order valence-electron chi connectivity index (χ4n) is 1.25. The SMILES string of the molecule is O=C1CCc2[nH]ccc21. The van der Waals surface area contributed by atoms with Gasteiger partial charge in [-0.3, -0.25) is 4.79 Å². The second-order valence-electron chi connectivity index (χ2n) is 2.29. The van der Waals surface area contributed by atoms with E-state index in [4.69, 9.17) is 0 Å². The molecule has 0 radical (unpaired) electrons. The Balaban J connectivity index is 2.61. The molecule has 2 rings (SSSR count). The Kier molecular flexibility index (Phi) is 0.781. The highest BCUT2D eigenvalue weighted by atomic mass is 16.1. The highest BCUT2D eigenvalue weighted by Gasteiger charge is 2.18. The first-order valence-electron chi connectivity index (χ1n) is 3.07. The van der Waals surface area contributed by atoms with Gasteiger partial charge in [-0.25, -0.2) is 0 Å². The molecule has 0 fully saturated rings. The normalized spacial score (nSPS) is 16.2. The molecule has 1 N–H and O–H groups in total. The molecule has 0 saturated heterocycles. The van der Waals surface area contributed by atoms with E-state index >= 15 is 0 Å². The number of carbonyl (C=O) groups is 1. The second kappa shape index (κ2) is 1.47. The highest BCUT2D eigenvalue weighted by Crippen LogP contribution is 2.19. The first kappa shape index (κ1) is 4.79. The monoisotopic (exact) mass is 121 g/mol. The van der Waals surface area contributed by atoms with Crippen molar-refractivity contribution in [3.8, 4) is 0 Å². The molecule has 0 aromatic carbocycles. The first-order valence-corrected chi connectivity index (χ1v) is 3.07. The predicted octanol–water partition coefficient (Wildman–Crippen LogP) is 1.14. The summed E-state index contributed by atoms with van der Waals surface area (Å²) in [6, 6.07) is 1.85. The highest BCUT2D eigenvalue weighted by molar-refractivity contribution is 5.99. The molecule has 0 bridgehead atoms. The Hall–Kier alpha value is -1.05. The molecule has 0 aliphatic heterocycles. The van der Waals surface area contributed by atoms with Gasteiger partial charge in [-0.05, 0) is 12.5 Å². The van der Waals surface area contributed by atoms with E-state index < -0.39 is 0 Å². The third kappa shape index (κ3) is 0.529. The van der Waals surface area contributed by atoms with Gasteiger partial charge in [0, 0.05) is 23.9 Å². The fourth-order valence-corrected chi connectivity index (χ4v) is 1.25. The van der Waals surface area contributed by atoms with Crippen molar-refractivity contribution in [2.45, 2.75) is 12.8 Å². The molecule has 0 amide bonds. The number of ketones is 1. The number of Topliss-reactive ketones (excluding diaryl/α,β-unsaturated/α-hetero) is 1. The predicted molar refractivity (Wildman–Crippen MR) is 33.4 cm³/mol. The lowest BCUT2D eigenvalue weighted by atomic mass is 10.2. The van der Waals surface area contributed by atoms with Crippen LogP contribution in [0.25, 0.3) is 0 Å². The van der Waals surface area contributed by atoms with Gasteiger partial charge in [0.15, 0.2) is 5.78 Å². The maximum Gasteiger partial charge on any atom is 0.165 e. The quantitative estimate of drug-likeness (QED) is 0.548. The standard InChI is InChI=1S/C7H7NO/c9-7-2-1-6-5(7)3-4-8-6/h3-4,8H,1-2H2. The van der Waals surface area contributed by atoms with Crippen LogP contribution in [0.15, 0.2) is 12.3 Å². The number of hydrogen-bond acceptors (Lipinski definition) is 1. The zero-order chi connectivity index (χ0) is 6.27. The lowest BCUT2D eigenvalue weighted by molar-refractivity contribution is 0.0994. The molecule has 1 aliphatic carbocycles. The van der Waals surface area contributed by atoms with E-state index in [0.717, 1.165) is 17.7 Å². The van der Waals surface area contributed by atoms with Gasteiger partial charge >= 0.3 is 0 Å². The molecule has 0 unspecified atom stereocenters. The number of fused-ring (bicyclic) bond motifs is 1. The van der Waals surface area contributed by atoms with Crippen LogP contribution in [0.1, 0.15) is 22.5 Å². The smallest absolute Gasteiger partial charge is 0.165 e. The van der Waals surface area contributed by atoms with Crippen LogP contribution in [0.3, 0.4) is 0 Å². The van der Waals surface area contributed by atoms with Gasteiger partial charge in [-0.15, -0.1) is 0 Å². The first-order chi connectivity index (χ1) is 4.38. The molecular formula is C7H7NO. The van der Waals surface area contributed by atoms with E-state index in [2.05, 4.69) is 4.98 Å². The Morgan fingerprint density at radius 1 is 1.44 bits per heavy atom. The molecule has 0 spiro atoms. The van der Waals surface area contributed by atoms with E-state index in [0.29, 0.717) is 6.42 Å². The fraction of sp³-hybridized carbons (Fsp3) is 0.286. The van der Waals surface area contributed by atoms with Gasteiger partial charge in [0.05, 0.1) is 0 Å². The van der Waals surface area contributed by atoms with Crippen molar-refractivity contribution in [3.63, 3.8) is 0 Å². The Morgan fingerprint density at radius 2 is 2.33 bits per heavy atom. The third-order valence-electron chi connectivity index (χ3n) is 1.74. The summed E-state index contributed by atoms with van der Waals surface area (Å²) in [7, 11) is 0. The van der Waals surface area contributed by atoms with Gasteiger partial charge < -0.3 is 4.98 Å². The molecule has 0 atom stereocenters. The summed E-state index contributed by atoms with van der Waals surface area (Å²) in [5.41, 5.74) is 2.01. The molecule has 1 aliphatic rings. The number of aromatic amines is 1. The maximum absolute atomic E-state index is 10.9. The Labute approximate surface area is 52.9 Å². The van der Waals surface area contributed by atoms with Gasteiger partial charge in [-0.1, -0.05) is 0 Å². The third-order valence-corrected chi connectivity index (χ3v) is 1.74. The number of nitrogens with one attached hydrogen (secondary N) is 1. The lowest BCUT2D eigenvalue weighted by Crippen LogP contribution is -1.86. The van der Waals surface area contributed by atoms with Crippen molar-refractivity contribution in [1.29, 1.82) is 0 Å². The minimum absolute atomic E-state index is 0.284. The van der Waals surface area contributed by atoms with Crippen LogP contribution < -0.4 is 0 Å². The van der Waals surface area contributed by atoms with Crippen molar-refractivity contribution in [2.24, 2.45) is 0 Å². The largest absolute Gasteiger partial charge is 0.364 e. The molecule has 2 heteroatoms. The van der Waals surface area contributed by atoms with Crippen LogP contribution in [-0.4, -0.2) is 10.8 Å². The van der Waals surface area contributed by atoms with E-state index in [9.17, 15) is 4.79 Å². The number of rotatable bonds is 0. The number of aryl methyl sites for hydroxylation is 1.